The molecule has 2 aliphatic rings. The van der Waals surface area contributed by atoms with E-state index in [1.165, 1.54) is 10.7 Å². The lowest BCUT2D eigenvalue weighted by molar-refractivity contribution is -0.127. The number of nitrogens with zero attached hydrogens (tertiary/aromatic N) is 3. The molecule has 170 valence electrons. The predicted molar refractivity (Wildman–Crippen MR) is 120 cm³/mol. The minimum Gasteiger partial charge on any atom is -0.461 e. The van der Waals surface area contributed by atoms with Crippen LogP contribution in [0.3, 0.4) is 0 Å². The number of rotatable bonds is 5. The second-order valence-electron chi connectivity index (χ2n) is 8.95. The number of nitrogens with one attached hydrogen (secondary N) is 1. The third kappa shape index (κ3) is 3.78. The lowest BCUT2D eigenvalue weighted by Crippen LogP contribution is -2.65. The van der Waals surface area contributed by atoms with E-state index in [1.54, 1.807) is 18.7 Å². The van der Waals surface area contributed by atoms with Gasteiger partial charge in [0, 0.05) is 17.8 Å². The van der Waals surface area contributed by atoms with Gasteiger partial charge in [-0.05, 0) is 57.7 Å². The highest BCUT2D eigenvalue weighted by atomic mass is 16.5. The van der Waals surface area contributed by atoms with Gasteiger partial charge in [-0.1, -0.05) is 25.0 Å². The molecule has 8 heteroatoms. The number of anilines is 1. The van der Waals surface area contributed by atoms with E-state index in [-0.39, 0.29) is 42.4 Å². The van der Waals surface area contributed by atoms with Crippen LogP contribution in [0, 0.1) is 13.8 Å². The lowest BCUT2D eigenvalue weighted by atomic mass is 9.92. The summed E-state index contributed by atoms with van der Waals surface area (Å²) in [5.41, 5.74) is 1.69. The molecule has 0 bridgehead atoms. The smallest absolute Gasteiger partial charge is 0.358 e. The normalized spacial score (nSPS) is 20.9. The van der Waals surface area contributed by atoms with Gasteiger partial charge in [0.15, 0.2) is 5.69 Å². The van der Waals surface area contributed by atoms with Crippen LogP contribution in [0.15, 0.2) is 24.3 Å². The molecular formula is C24H30N4O4. The summed E-state index contributed by atoms with van der Waals surface area (Å²) in [6, 6.07) is 7.42. The van der Waals surface area contributed by atoms with Gasteiger partial charge in [-0.15, -0.1) is 0 Å². The van der Waals surface area contributed by atoms with Crippen molar-refractivity contribution in [1.29, 1.82) is 0 Å². The molecule has 0 radical (unpaired) electrons. The number of aromatic nitrogens is 2. The average molecular weight is 439 g/mol. The SMILES string of the molecule is CCOC(=O)c1cc2n(n1)CC(C)(C(=O)NC1CCCC1)N(c1cc(C)ccc1C)C2=O. The summed E-state index contributed by atoms with van der Waals surface area (Å²) in [6.07, 6.45) is 4.07. The van der Waals surface area contributed by atoms with Crippen molar-refractivity contribution in [2.45, 2.75) is 71.5 Å². The first kappa shape index (κ1) is 22.0. The Morgan fingerprint density at radius 1 is 1.22 bits per heavy atom. The van der Waals surface area contributed by atoms with Crippen LogP contribution in [0.1, 0.15) is 71.6 Å². The second-order valence-corrected chi connectivity index (χ2v) is 8.95. The lowest BCUT2D eigenvalue weighted by Gasteiger charge is -2.44. The molecule has 0 saturated heterocycles. The number of carbonyl (C=O) groups excluding carboxylic acids is 3. The van der Waals surface area contributed by atoms with Crippen LogP contribution >= 0.6 is 0 Å². The van der Waals surface area contributed by atoms with E-state index in [0.717, 1.165) is 36.8 Å². The fourth-order valence-corrected chi connectivity index (χ4v) is 4.64. The molecule has 1 N–H and O–H groups in total. The molecule has 2 amide bonds. The van der Waals surface area contributed by atoms with Crippen molar-refractivity contribution in [2.24, 2.45) is 0 Å². The standard InChI is InChI=1S/C24H30N4O4/c1-5-32-22(30)18-13-20-21(29)28(19-12-15(2)10-11-16(19)3)24(4,14-27(20)26-18)23(31)25-17-8-6-7-9-17/h10-13,17H,5-9,14H2,1-4H3,(H,25,31). The molecule has 1 fully saturated rings. The number of carbonyl (C=O) groups is 3. The first-order valence-corrected chi connectivity index (χ1v) is 11.2. The Balaban J connectivity index is 1.80. The number of ether oxygens (including phenoxy) is 1. The Morgan fingerprint density at radius 3 is 2.62 bits per heavy atom. The zero-order chi connectivity index (χ0) is 23.0. The van der Waals surface area contributed by atoms with Gasteiger partial charge in [0.05, 0.1) is 13.2 Å². The minimum atomic E-state index is -1.21. The van der Waals surface area contributed by atoms with Crippen molar-refractivity contribution in [2.75, 3.05) is 11.5 Å². The van der Waals surface area contributed by atoms with E-state index in [0.29, 0.717) is 5.69 Å². The van der Waals surface area contributed by atoms with E-state index in [1.807, 2.05) is 32.0 Å². The number of hydrogen-bond donors (Lipinski definition) is 1. The van der Waals surface area contributed by atoms with Crippen LogP contribution in [0.5, 0.6) is 0 Å². The fraction of sp³-hybridized carbons (Fsp3) is 0.500. The molecule has 1 unspecified atom stereocenters. The number of amides is 2. The van der Waals surface area contributed by atoms with Gasteiger partial charge in [0.25, 0.3) is 5.91 Å². The molecule has 1 aliphatic heterocycles. The van der Waals surface area contributed by atoms with Crippen molar-refractivity contribution in [3.8, 4) is 0 Å². The second kappa shape index (κ2) is 8.41. The minimum absolute atomic E-state index is 0.0663. The molecule has 1 aliphatic carbocycles. The third-order valence-electron chi connectivity index (χ3n) is 6.42. The van der Waals surface area contributed by atoms with E-state index in [2.05, 4.69) is 10.4 Å². The van der Waals surface area contributed by atoms with Gasteiger partial charge in [-0.25, -0.2) is 4.79 Å². The van der Waals surface area contributed by atoms with E-state index in [4.69, 9.17) is 4.74 Å². The Hall–Kier alpha value is -3.16. The topological polar surface area (TPSA) is 93.5 Å². The predicted octanol–water partition coefficient (Wildman–Crippen LogP) is 3.15. The summed E-state index contributed by atoms with van der Waals surface area (Å²) in [5.74, 6) is -1.16. The van der Waals surface area contributed by atoms with Crippen LogP contribution in [-0.4, -0.2) is 45.8 Å². The average Bonchev–Trinajstić information content (AvgIpc) is 3.40. The molecular weight excluding hydrogens is 408 g/mol. The van der Waals surface area contributed by atoms with E-state index < -0.39 is 11.5 Å². The van der Waals surface area contributed by atoms with Crippen molar-refractivity contribution < 1.29 is 19.1 Å². The zero-order valence-electron chi connectivity index (χ0n) is 19.1. The van der Waals surface area contributed by atoms with Gasteiger partial charge in [-0.2, -0.15) is 5.10 Å². The third-order valence-corrected chi connectivity index (χ3v) is 6.42. The van der Waals surface area contributed by atoms with Gasteiger partial charge in [-0.3, -0.25) is 19.2 Å². The van der Waals surface area contributed by atoms with E-state index in [9.17, 15) is 14.4 Å². The molecule has 4 rings (SSSR count). The van der Waals surface area contributed by atoms with Crippen LogP contribution in [-0.2, 0) is 16.1 Å². The summed E-state index contributed by atoms with van der Waals surface area (Å²) in [6.45, 7) is 7.71. The summed E-state index contributed by atoms with van der Waals surface area (Å²) < 4.78 is 6.52. The van der Waals surface area contributed by atoms with Crippen LogP contribution in [0.2, 0.25) is 0 Å². The number of benzene rings is 1. The number of esters is 1. The maximum Gasteiger partial charge on any atom is 0.358 e. The summed E-state index contributed by atoms with van der Waals surface area (Å²) in [5, 5.41) is 7.47. The quantitative estimate of drug-likeness (QED) is 0.724. The number of fused-ring (bicyclic) bond motifs is 1. The van der Waals surface area contributed by atoms with Crippen molar-refractivity contribution in [1.82, 2.24) is 15.1 Å². The Kier molecular flexibility index (Phi) is 5.79. The maximum absolute atomic E-state index is 13.8. The highest BCUT2D eigenvalue weighted by Gasteiger charge is 2.50. The monoisotopic (exact) mass is 438 g/mol. The highest BCUT2D eigenvalue weighted by molar-refractivity contribution is 6.12. The maximum atomic E-state index is 13.8. The number of hydrogen-bond acceptors (Lipinski definition) is 5. The molecule has 0 spiro atoms. The zero-order valence-corrected chi connectivity index (χ0v) is 19.1. The fourth-order valence-electron chi connectivity index (χ4n) is 4.64. The molecule has 32 heavy (non-hydrogen) atoms. The van der Waals surface area contributed by atoms with Crippen LogP contribution in [0.4, 0.5) is 5.69 Å². The van der Waals surface area contributed by atoms with E-state index >= 15 is 0 Å². The first-order valence-electron chi connectivity index (χ1n) is 11.2. The Morgan fingerprint density at radius 2 is 1.94 bits per heavy atom. The first-order chi connectivity index (χ1) is 15.2. The Bertz CT molecular complexity index is 1070. The largest absolute Gasteiger partial charge is 0.461 e. The van der Waals surface area contributed by atoms with Crippen molar-refractivity contribution >= 4 is 23.5 Å². The van der Waals surface area contributed by atoms with Gasteiger partial charge >= 0.3 is 5.97 Å². The number of aryl methyl sites for hydroxylation is 2. The molecule has 1 atom stereocenters. The van der Waals surface area contributed by atoms with Crippen molar-refractivity contribution in [3.63, 3.8) is 0 Å². The van der Waals surface area contributed by atoms with Gasteiger partial charge in [0.2, 0.25) is 5.91 Å². The highest BCUT2D eigenvalue weighted by Crippen LogP contribution is 2.35. The Labute approximate surface area is 187 Å². The van der Waals surface area contributed by atoms with Crippen LogP contribution in [0.25, 0.3) is 0 Å². The van der Waals surface area contributed by atoms with Crippen LogP contribution < -0.4 is 10.2 Å². The molecule has 2 heterocycles. The molecule has 8 nitrogen and oxygen atoms in total. The van der Waals surface area contributed by atoms with Gasteiger partial charge < -0.3 is 10.1 Å². The molecule has 1 aromatic carbocycles. The summed E-state index contributed by atoms with van der Waals surface area (Å²) in [4.78, 5) is 41.2. The molecule has 2 aromatic rings. The molecule has 1 saturated carbocycles. The summed E-state index contributed by atoms with van der Waals surface area (Å²) >= 11 is 0. The summed E-state index contributed by atoms with van der Waals surface area (Å²) in [7, 11) is 0. The van der Waals surface area contributed by atoms with Gasteiger partial charge in [0.1, 0.15) is 11.2 Å². The van der Waals surface area contributed by atoms with Crippen molar-refractivity contribution in [3.05, 3.63) is 46.8 Å². The molecule has 1 aromatic heterocycles.